The minimum absolute atomic E-state index is 0.176. The van der Waals surface area contributed by atoms with E-state index in [1.165, 1.54) is 0 Å². The fourth-order valence-corrected chi connectivity index (χ4v) is 1.20. The van der Waals surface area contributed by atoms with E-state index < -0.39 is 0 Å². The van der Waals surface area contributed by atoms with Crippen molar-refractivity contribution in [3.63, 3.8) is 0 Å². The Bertz CT molecular complexity index is 376. The Labute approximate surface area is 74.0 Å². The molecule has 0 aliphatic carbocycles. The summed E-state index contributed by atoms with van der Waals surface area (Å²) in [6.07, 6.45) is 6.46. The van der Waals surface area contributed by atoms with Crippen molar-refractivity contribution in [1.82, 2.24) is 10.1 Å². The first-order chi connectivity index (χ1) is 5.86. The lowest BCUT2D eigenvalue weighted by atomic mass is 10.1. The fraction of sp³-hybridized carbons (Fsp3) is 0.286. The van der Waals surface area contributed by atoms with Gasteiger partial charge in [0.15, 0.2) is 5.82 Å². The highest BCUT2D eigenvalue weighted by Gasteiger charge is 2.12. The van der Waals surface area contributed by atoms with E-state index in [2.05, 4.69) is 15.1 Å². The van der Waals surface area contributed by atoms with Gasteiger partial charge in [-0.2, -0.15) is 4.98 Å². The van der Waals surface area contributed by atoms with E-state index in [9.17, 15) is 0 Å². The zero-order chi connectivity index (χ0) is 8.39. The average molecular weight is 181 g/mol. The number of nitrogens with one attached hydrogen (secondary N) is 1. The van der Waals surface area contributed by atoms with Gasteiger partial charge in [-0.15, -0.1) is 0 Å². The first-order valence-electron chi connectivity index (χ1n) is 3.60. The third kappa shape index (κ3) is 1.35. The molecule has 1 N–H and O–H groups in total. The van der Waals surface area contributed by atoms with Crippen molar-refractivity contribution in [3.8, 4) is 0 Å². The number of rotatable bonds is 1. The second-order valence-corrected chi connectivity index (χ2v) is 2.84. The van der Waals surface area contributed by atoms with Crippen molar-refractivity contribution in [3.05, 3.63) is 22.9 Å². The third-order valence-corrected chi connectivity index (χ3v) is 1.83. The lowest BCUT2D eigenvalue weighted by Gasteiger charge is -2.06. The molecule has 1 unspecified atom stereocenters. The molecule has 62 valence electrons. The molecular formula is C7H7N3OS. The van der Waals surface area contributed by atoms with Crippen LogP contribution in [0.25, 0.3) is 0 Å². The molecule has 0 aromatic carbocycles. The van der Waals surface area contributed by atoms with Gasteiger partial charge in [0.2, 0.25) is 0 Å². The first-order valence-corrected chi connectivity index (χ1v) is 4.01. The van der Waals surface area contributed by atoms with Crippen LogP contribution in [0.3, 0.4) is 0 Å². The second-order valence-electron chi connectivity index (χ2n) is 2.49. The number of H-pyrrole nitrogens is 1. The van der Waals surface area contributed by atoms with Crippen molar-refractivity contribution in [2.45, 2.75) is 12.3 Å². The van der Waals surface area contributed by atoms with Crippen molar-refractivity contribution in [2.24, 2.45) is 4.99 Å². The summed E-state index contributed by atoms with van der Waals surface area (Å²) in [4.78, 5) is 8.25. The summed E-state index contributed by atoms with van der Waals surface area (Å²) in [5.74, 6) is 0.920. The van der Waals surface area contributed by atoms with Crippen LogP contribution in [0.2, 0.25) is 0 Å². The van der Waals surface area contributed by atoms with Crippen LogP contribution in [0.5, 0.6) is 0 Å². The van der Waals surface area contributed by atoms with Gasteiger partial charge >= 0.3 is 4.84 Å². The van der Waals surface area contributed by atoms with E-state index in [1.54, 1.807) is 6.20 Å². The highest BCUT2D eigenvalue weighted by Crippen LogP contribution is 2.16. The molecule has 0 saturated heterocycles. The Hall–Kier alpha value is -1.23. The lowest BCUT2D eigenvalue weighted by Crippen LogP contribution is -2.03. The molecule has 0 bridgehead atoms. The Balaban J connectivity index is 2.26. The number of hydrogen-bond acceptors (Lipinski definition) is 4. The van der Waals surface area contributed by atoms with Crippen molar-refractivity contribution >= 4 is 18.4 Å². The first kappa shape index (κ1) is 7.42. The van der Waals surface area contributed by atoms with Gasteiger partial charge in [-0.1, -0.05) is 6.08 Å². The topological polar surface area (TPSA) is 54.2 Å². The van der Waals surface area contributed by atoms with Crippen LogP contribution >= 0.6 is 12.2 Å². The smallest absolute Gasteiger partial charge is 0.314 e. The predicted octanol–water partition coefficient (Wildman–Crippen LogP) is 1.80. The van der Waals surface area contributed by atoms with Gasteiger partial charge in [0, 0.05) is 12.4 Å². The van der Waals surface area contributed by atoms with Crippen LogP contribution in [0.15, 0.2) is 21.8 Å². The van der Waals surface area contributed by atoms with E-state index >= 15 is 0 Å². The summed E-state index contributed by atoms with van der Waals surface area (Å²) in [6, 6.07) is 0. The second kappa shape index (κ2) is 3.02. The van der Waals surface area contributed by atoms with Gasteiger partial charge in [-0.25, -0.2) is 5.16 Å². The Morgan fingerprint density at radius 1 is 1.67 bits per heavy atom. The fourth-order valence-electron chi connectivity index (χ4n) is 1.06. The number of hydrogen-bond donors (Lipinski definition) is 1. The molecule has 1 aliphatic heterocycles. The summed E-state index contributed by atoms with van der Waals surface area (Å²) in [7, 11) is 0. The Kier molecular flexibility index (Phi) is 1.87. The third-order valence-electron chi connectivity index (χ3n) is 1.65. The van der Waals surface area contributed by atoms with Gasteiger partial charge in [0.05, 0.1) is 5.92 Å². The van der Waals surface area contributed by atoms with Crippen molar-refractivity contribution in [1.29, 1.82) is 0 Å². The quantitative estimate of drug-likeness (QED) is 0.672. The van der Waals surface area contributed by atoms with Gasteiger partial charge in [-0.05, 0) is 18.6 Å². The molecule has 4 nitrogen and oxygen atoms in total. The highest BCUT2D eigenvalue weighted by molar-refractivity contribution is 7.71. The SMILES string of the molecule is S=c1nc(C2C=NC=CC2)[nH]o1. The standard InChI is InChI=1S/C7H7N3OS/c12-7-9-6(10-11-7)5-2-1-3-8-4-5/h1,3-5H,2H2,(H,9,10,12). The summed E-state index contributed by atoms with van der Waals surface area (Å²) < 4.78 is 4.81. The molecule has 12 heavy (non-hydrogen) atoms. The molecule has 1 aromatic heterocycles. The number of nitrogens with zero attached hydrogens (tertiary/aromatic N) is 2. The summed E-state index contributed by atoms with van der Waals surface area (Å²) in [5.41, 5.74) is 0. The van der Waals surface area contributed by atoms with Crippen molar-refractivity contribution in [2.75, 3.05) is 0 Å². The van der Waals surface area contributed by atoms with E-state index in [1.807, 2.05) is 12.3 Å². The van der Waals surface area contributed by atoms with Crippen LogP contribution in [0.1, 0.15) is 18.2 Å². The molecule has 1 atom stereocenters. The molecule has 2 heterocycles. The maximum Gasteiger partial charge on any atom is 0.314 e. The predicted molar refractivity (Wildman–Crippen MR) is 46.7 cm³/mol. The molecule has 1 aliphatic rings. The summed E-state index contributed by atoms with van der Waals surface area (Å²) in [6.45, 7) is 0. The maximum absolute atomic E-state index is 4.81. The van der Waals surface area contributed by atoms with E-state index in [0.29, 0.717) is 0 Å². The van der Waals surface area contributed by atoms with Crippen molar-refractivity contribution < 1.29 is 4.52 Å². The zero-order valence-electron chi connectivity index (χ0n) is 6.23. The van der Waals surface area contributed by atoms with Gasteiger partial charge in [0.1, 0.15) is 0 Å². The van der Waals surface area contributed by atoms with Crippen LogP contribution < -0.4 is 0 Å². The molecular weight excluding hydrogens is 174 g/mol. The highest BCUT2D eigenvalue weighted by atomic mass is 32.1. The van der Waals surface area contributed by atoms with Gasteiger partial charge in [0.25, 0.3) is 0 Å². The minimum Gasteiger partial charge on any atom is -0.348 e. The van der Waals surface area contributed by atoms with E-state index in [0.717, 1.165) is 12.2 Å². The number of aliphatic imine (C=N–C) groups is 1. The lowest BCUT2D eigenvalue weighted by molar-refractivity contribution is 0.397. The summed E-state index contributed by atoms with van der Waals surface area (Å²) >= 11 is 4.73. The number of aromatic nitrogens is 2. The maximum atomic E-state index is 4.81. The Morgan fingerprint density at radius 3 is 3.17 bits per heavy atom. The summed E-state index contributed by atoms with van der Waals surface area (Å²) in [5, 5.41) is 2.66. The van der Waals surface area contributed by atoms with Crippen LogP contribution in [-0.2, 0) is 0 Å². The molecule has 0 amide bonds. The molecule has 0 radical (unpaired) electrons. The minimum atomic E-state index is 0.176. The molecule has 0 fully saturated rings. The largest absolute Gasteiger partial charge is 0.348 e. The van der Waals surface area contributed by atoms with E-state index in [4.69, 9.17) is 16.7 Å². The van der Waals surface area contributed by atoms with Gasteiger partial charge < -0.3 is 4.52 Å². The van der Waals surface area contributed by atoms with Crippen LogP contribution in [0.4, 0.5) is 0 Å². The number of allylic oxidation sites excluding steroid dienone is 1. The van der Waals surface area contributed by atoms with Gasteiger partial charge in [-0.3, -0.25) is 4.99 Å². The monoisotopic (exact) mass is 181 g/mol. The molecule has 0 spiro atoms. The molecule has 5 heteroatoms. The zero-order valence-corrected chi connectivity index (χ0v) is 7.04. The molecule has 0 saturated carbocycles. The number of aromatic amines is 1. The molecule has 2 rings (SSSR count). The average Bonchev–Trinajstić information content (AvgIpc) is 2.54. The molecule has 1 aromatic rings. The Morgan fingerprint density at radius 2 is 2.58 bits per heavy atom. The van der Waals surface area contributed by atoms with E-state index in [-0.39, 0.29) is 10.8 Å². The van der Waals surface area contributed by atoms with Crippen LogP contribution in [-0.4, -0.2) is 16.4 Å². The normalized spacial score (nSPS) is 21.5. The van der Waals surface area contributed by atoms with Crippen LogP contribution in [0, 0.1) is 4.84 Å².